The van der Waals surface area contributed by atoms with Crippen molar-refractivity contribution in [1.82, 2.24) is 9.97 Å². The van der Waals surface area contributed by atoms with E-state index in [-0.39, 0.29) is 22.9 Å². The first kappa shape index (κ1) is 11.6. The first-order valence-electron chi connectivity index (χ1n) is 5.55. The van der Waals surface area contributed by atoms with E-state index in [0.717, 1.165) is 25.7 Å². The van der Waals surface area contributed by atoms with Crippen LogP contribution in [-0.2, 0) is 0 Å². The standard InChI is InChI=1S/C10H15N5O2/c1-10(4-2-3-5-10)14-9-7(15(16)17)8(11)12-6-13-9/h6H,2-5H2,1H3,(H3,11,12,13,14). The van der Waals surface area contributed by atoms with Crippen molar-refractivity contribution in [3.05, 3.63) is 16.4 Å². The van der Waals surface area contributed by atoms with Crippen molar-refractivity contribution in [2.24, 2.45) is 0 Å². The second kappa shape index (κ2) is 4.15. The molecule has 0 aliphatic heterocycles. The molecular formula is C10H15N5O2. The van der Waals surface area contributed by atoms with Gasteiger partial charge in [-0.3, -0.25) is 10.1 Å². The highest BCUT2D eigenvalue weighted by atomic mass is 16.6. The molecule has 7 nitrogen and oxygen atoms in total. The Bertz CT molecular complexity index is 442. The first-order chi connectivity index (χ1) is 8.02. The minimum absolute atomic E-state index is 0.103. The van der Waals surface area contributed by atoms with Gasteiger partial charge in [0, 0.05) is 5.54 Å². The highest BCUT2D eigenvalue weighted by Gasteiger charge is 2.32. The quantitative estimate of drug-likeness (QED) is 0.612. The fourth-order valence-corrected chi connectivity index (χ4v) is 2.23. The van der Waals surface area contributed by atoms with Crippen molar-refractivity contribution in [2.45, 2.75) is 38.1 Å². The highest BCUT2D eigenvalue weighted by molar-refractivity contribution is 5.67. The van der Waals surface area contributed by atoms with E-state index in [2.05, 4.69) is 15.3 Å². The maximum Gasteiger partial charge on any atom is 0.353 e. The third kappa shape index (κ3) is 2.27. The minimum atomic E-state index is -0.546. The number of nitrogens with zero attached hydrogens (tertiary/aromatic N) is 3. The predicted molar refractivity (Wildman–Crippen MR) is 63.6 cm³/mol. The van der Waals surface area contributed by atoms with E-state index < -0.39 is 4.92 Å². The number of hydrogen-bond acceptors (Lipinski definition) is 6. The molecule has 0 aromatic carbocycles. The normalized spacial score (nSPS) is 17.9. The van der Waals surface area contributed by atoms with Crippen LogP contribution in [0.3, 0.4) is 0 Å². The molecule has 17 heavy (non-hydrogen) atoms. The summed E-state index contributed by atoms with van der Waals surface area (Å²) in [6, 6.07) is 0. The largest absolute Gasteiger partial charge is 0.378 e. The van der Waals surface area contributed by atoms with E-state index in [0.29, 0.717) is 0 Å². The van der Waals surface area contributed by atoms with Gasteiger partial charge in [-0.2, -0.15) is 0 Å². The number of nitrogens with two attached hydrogens (primary N) is 1. The summed E-state index contributed by atoms with van der Waals surface area (Å²) in [5.41, 5.74) is 5.14. The van der Waals surface area contributed by atoms with E-state index in [4.69, 9.17) is 5.73 Å². The van der Waals surface area contributed by atoms with Gasteiger partial charge in [0.1, 0.15) is 6.33 Å². The third-order valence-electron chi connectivity index (χ3n) is 3.16. The van der Waals surface area contributed by atoms with Crippen LogP contribution < -0.4 is 11.1 Å². The first-order valence-corrected chi connectivity index (χ1v) is 5.55. The zero-order valence-corrected chi connectivity index (χ0v) is 9.64. The van der Waals surface area contributed by atoms with Gasteiger partial charge in [-0.25, -0.2) is 9.97 Å². The SMILES string of the molecule is CC1(Nc2ncnc(N)c2[N+](=O)[O-])CCCC1. The van der Waals surface area contributed by atoms with Crippen LogP contribution in [0.4, 0.5) is 17.3 Å². The second-order valence-electron chi connectivity index (χ2n) is 4.61. The zero-order chi connectivity index (χ0) is 12.5. The van der Waals surface area contributed by atoms with Crippen LogP contribution in [0.1, 0.15) is 32.6 Å². The van der Waals surface area contributed by atoms with E-state index in [1.165, 1.54) is 6.33 Å². The van der Waals surface area contributed by atoms with Crippen LogP contribution in [-0.4, -0.2) is 20.4 Å². The van der Waals surface area contributed by atoms with Gasteiger partial charge in [-0.05, 0) is 19.8 Å². The lowest BCUT2D eigenvalue weighted by Gasteiger charge is -2.25. The average molecular weight is 237 g/mol. The van der Waals surface area contributed by atoms with Crippen molar-refractivity contribution in [3.63, 3.8) is 0 Å². The van der Waals surface area contributed by atoms with Crippen LogP contribution in [0.15, 0.2) is 6.33 Å². The fourth-order valence-electron chi connectivity index (χ4n) is 2.23. The number of nitrogen functional groups attached to an aromatic ring is 1. The number of anilines is 2. The Hall–Kier alpha value is -1.92. The lowest BCUT2D eigenvalue weighted by molar-refractivity contribution is -0.383. The number of hydrogen-bond donors (Lipinski definition) is 2. The van der Waals surface area contributed by atoms with Crippen LogP contribution in [0, 0.1) is 10.1 Å². The van der Waals surface area contributed by atoms with E-state index in [9.17, 15) is 10.1 Å². The van der Waals surface area contributed by atoms with Gasteiger partial charge in [-0.1, -0.05) is 12.8 Å². The molecular weight excluding hydrogens is 222 g/mol. The highest BCUT2D eigenvalue weighted by Crippen LogP contribution is 2.35. The monoisotopic (exact) mass is 237 g/mol. The third-order valence-corrected chi connectivity index (χ3v) is 3.16. The zero-order valence-electron chi connectivity index (χ0n) is 9.64. The average Bonchev–Trinajstić information content (AvgIpc) is 2.64. The van der Waals surface area contributed by atoms with Gasteiger partial charge in [0.15, 0.2) is 0 Å². The summed E-state index contributed by atoms with van der Waals surface area (Å²) in [4.78, 5) is 17.9. The maximum atomic E-state index is 10.9. The molecule has 0 unspecified atom stereocenters. The van der Waals surface area contributed by atoms with E-state index in [1.807, 2.05) is 6.92 Å². The Morgan fingerprint density at radius 3 is 2.71 bits per heavy atom. The summed E-state index contributed by atoms with van der Waals surface area (Å²) in [5.74, 6) is 0.112. The number of nitrogens with one attached hydrogen (secondary N) is 1. The molecule has 1 aromatic rings. The van der Waals surface area contributed by atoms with Gasteiger partial charge in [0.05, 0.1) is 4.92 Å². The summed E-state index contributed by atoms with van der Waals surface area (Å²) in [6.45, 7) is 2.04. The summed E-state index contributed by atoms with van der Waals surface area (Å²) in [6.07, 6.45) is 5.45. The van der Waals surface area contributed by atoms with Crippen LogP contribution in [0.25, 0.3) is 0 Å². The Morgan fingerprint density at radius 2 is 2.12 bits per heavy atom. The fraction of sp³-hybridized carbons (Fsp3) is 0.600. The molecule has 1 aromatic heterocycles. The molecule has 0 radical (unpaired) electrons. The second-order valence-corrected chi connectivity index (χ2v) is 4.61. The topological polar surface area (TPSA) is 107 Å². The van der Waals surface area contributed by atoms with Gasteiger partial charge in [-0.15, -0.1) is 0 Å². The molecule has 0 bridgehead atoms. The van der Waals surface area contributed by atoms with Crippen molar-refractivity contribution < 1.29 is 4.92 Å². The molecule has 0 spiro atoms. The van der Waals surface area contributed by atoms with Crippen molar-refractivity contribution in [2.75, 3.05) is 11.1 Å². The molecule has 7 heteroatoms. The van der Waals surface area contributed by atoms with Gasteiger partial charge < -0.3 is 11.1 Å². The maximum absolute atomic E-state index is 10.9. The summed E-state index contributed by atoms with van der Waals surface area (Å²) >= 11 is 0. The van der Waals surface area contributed by atoms with E-state index >= 15 is 0 Å². The molecule has 2 rings (SSSR count). The molecule has 1 aliphatic carbocycles. The summed E-state index contributed by atoms with van der Waals surface area (Å²) in [5, 5.41) is 14.1. The molecule has 92 valence electrons. The van der Waals surface area contributed by atoms with Crippen molar-refractivity contribution in [1.29, 1.82) is 0 Å². The number of nitro groups is 1. The Labute approximate surface area is 98.6 Å². The lowest BCUT2D eigenvalue weighted by Crippen LogP contribution is -2.31. The summed E-state index contributed by atoms with van der Waals surface area (Å²) < 4.78 is 0. The van der Waals surface area contributed by atoms with Gasteiger partial charge >= 0.3 is 5.69 Å². The van der Waals surface area contributed by atoms with Crippen molar-refractivity contribution in [3.8, 4) is 0 Å². The Morgan fingerprint density at radius 1 is 1.47 bits per heavy atom. The van der Waals surface area contributed by atoms with E-state index in [1.54, 1.807) is 0 Å². The molecule has 0 amide bonds. The van der Waals surface area contributed by atoms with Crippen LogP contribution in [0.5, 0.6) is 0 Å². The van der Waals surface area contributed by atoms with Crippen LogP contribution >= 0.6 is 0 Å². The Balaban J connectivity index is 2.32. The number of rotatable bonds is 3. The molecule has 1 saturated carbocycles. The van der Waals surface area contributed by atoms with Gasteiger partial charge in [0.2, 0.25) is 11.6 Å². The molecule has 1 aliphatic rings. The van der Waals surface area contributed by atoms with Crippen molar-refractivity contribution >= 4 is 17.3 Å². The molecule has 0 atom stereocenters. The van der Waals surface area contributed by atoms with Crippen LogP contribution in [0.2, 0.25) is 0 Å². The number of aromatic nitrogens is 2. The molecule has 1 fully saturated rings. The Kier molecular flexibility index (Phi) is 2.83. The molecule has 0 saturated heterocycles. The smallest absolute Gasteiger partial charge is 0.353 e. The summed E-state index contributed by atoms with van der Waals surface area (Å²) in [7, 11) is 0. The molecule has 3 N–H and O–H groups in total. The lowest BCUT2D eigenvalue weighted by atomic mass is 10.0. The van der Waals surface area contributed by atoms with Gasteiger partial charge in [0.25, 0.3) is 0 Å². The minimum Gasteiger partial charge on any atom is -0.378 e. The molecule has 1 heterocycles. The predicted octanol–water partition coefficient (Wildman–Crippen LogP) is 1.71.